The van der Waals surface area contributed by atoms with Gasteiger partial charge in [-0.05, 0) is 31.7 Å². The number of ether oxygens (including phenoxy) is 1. The van der Waals surface area contributed by atoms with Gasteiger partial charge in [0.05, 0.1) is 18.3 Å². The lowest BCUT2D eigenvalue weighted by Gasteiger charge is -2.18. The van der Waals surface area contributed by atoms with Crippen LogP contribution in [0, 0.1) is 5.92 Å². The Balaban J connectivity index is 1.81. The van der Waals surface area contributed by atoms with Crippen molar-refractivity contribution in [1.82, 2.24) is 10.3 Å². The predicted octanol–water partition coefficient (Wildman–Crippen LogP) is 1.76. The summed E-state index contributed by atoms with van der Waals surface area (Å²) in [7, 11) is 0. The molecule has 5 nitrogen and oxygen atoms in total. The number of hydrogen-bond acceptors (Lipinski definition) is 4. The summed E-state index contributed by atoms with van der Waals surface area (Å²) in [5, 5.41) is 12.8. The molecule has 1 fully saturated rings. The quantitative estimate of drug-likeness (QED) is 0.831. The maximum absolute atomic E-state index is 11.9. The van der Waals surface area contributed by atoms with Gasteiger partial charge in [-0.15, -0.1) is 0 Å². The van der Waals surface area contributed by atoms with E-state index in [0.29, 0.717) is 30.5 Å². The topological polar surface area (TPSA) is 71.5 Å². The molecule has 1 aromatic rings. The van der Waals surface area contributed by atoms with Crippen LogP contribution in [0.4, 0.5) is 0 Å². The van der Waals surface area contributed by atoms with E-state index in [2.05, 4.69) is 10.3 Å². The fraction of sp³-hybridized carbons (Fsp3) is 0.600. The van der Waals surface area contributed by atoms with E-state index in [1.54, 1.807) is 12.1 Å². The third kappa shape index (κ3) is 3.93. The van der Waals surface area contributed by atoms with Crippen LogP contribution in [0.5, 0.6) is 5.88 Å². The van der Waals surface area contributed by atoms with Crippen LogP contribution < -0.4 is 10.1 Å². The third-order valence-electron chi connectivity index (χ3n) is 3.71. The summed E-state index contributed by atoms with van der Waals surface area (Å²) in [5.74, 6) is 0.626. The average molecular weight is 278 g/mol. The highest BCUT2D eigenvalue weighted by Gasteiger charge is 2.23. The zero-order valence-corrected chi connectivity index (χ0v) is 11.8. The lowest BCUT2D eigenvalue weighted by atomic mass is 10.0. The van der Waals surface area contributed by atoms with E-state index in [1.165, 1.54) is 19.0 Å². The van der Waals surface area contributed by atoms with Gasteiger partial charge in [0.2, 0.25) is 5.88 Å². The zero-order chi connectivity index (χ0) is 14.4. The fourth-order valence-electron chi connectivity index (χ4n) is 2.56. The average Bonchev–Trinajstić information content (AvgIpc) is 3.00. The van der Waals surface area contributed by atoms with Crippen molar-refractivity contribution in [1.29, 1.82) is 0 Å². The Labute approximate surface area is 119 Å². The predicted molar refractivity (Wildman–Crippen MR) is 75.7 cm³/mol. The summed E-state index contributed by atoms with van der Waals surface area (Å²) >= 11 is 0. The van der Waals surface area contributed by atoms with Gasteiger partial charge in [-0.2, -0.15) is 0 Å². The smallest absolute Gasteiger partial charge is 0.252 e. The van der Waals surface area contributed by atoms with Gasteiger partial charge in [0.15, 0.2) is 0 Å². The van der Waals surface area contributed by atoms with Crippen LogP contribution in [0.1, 0.15) is 43.0 Å². The van der Waals surface area contributed by atoms with E-state index in [-0.39, 0.29) is 5.91 Å². The number of hydrogen-bond donors (Lipinski definition) is 2. The maximum atomic E-state index is 11.9. The van der Waals surface area contributed by atoms with Gasteiger partial charge in [-0.3, -0.25) is 4.79 Å². The van der Waals surface area contributed by atoms with E-state index in [0.717, 1.165) is 12.8 Å². The molecule has 0 aliphatic heterocycles. The molecule has 1 amide bonds. The Morgan fingerprint density at radius 2 is 2.25 bits per heavy atom. The van der Waals surface area contributed by atoms with Gasteiger partial charge in [0, 0.05) is 18.8 Å². The number of pyridine rings is 1. The Hall–Kier alpha value is -1.62. The van der Waals surface area contributed by atoms with Crippen LogP contribution in [0.25, 0.3) is 0 Å². The van der Waals surface area contributed by atoms with E-state index in [4.69, 9.17) is 4.74 Å². The Bertz CT molecular complexity index is 427. The lowest BCUT2D eigenvalue weighted by molar-refractivity contribution is 0.0840. The summed E-state index contributed by atoms with van der Waals surface area (Å²) in [5.41, 5.74) is 0.479. The standard InChI is InChI=1S/C15H22N2O3/c1-2-20-14-8-7-12(9-16-14)15(19)17-10-13(18)11-5-3-4-6-11/h7-9,11,13,18H,2-6,10H2,1H3,(H,17,19). The second-order valence-electron chi connectivity index (χ2n) is 5.14. The third-order valence-corrected chi connectivity index (χ3v) is 3.71. The molecule has 1 unspecified atom stereocenters. The van der Waals surface area contributed by atoms with E-state index in [1.807, 2.05) is 6.92 Å². The summed E-state index contributed by atoms with van der Waals surface area (Å²) in [4.78, 5) is 16.0. The molecule has 1 atom stereocenters. The molecule has 0 bridgehead atoms. The number of aliphatic hydroxyl groups excluding tert-OH is 1. The molecule has 20 heavy (non-hydrogen) atoms. The van der Waals surface area contributed by atoms with Crippen LogP contribution in [0.3, 0.4) is 0 Å². The first kappa shape index (κ1) is 14.8. The van der Waals surface area contributed by atoms with Crippen LogP contribution in [0.2, 0.25) is 0 Å². The van der Waals surface area contributed by atoms with E-state index in [9.17, 15) is 9.90 Å². The second kappa shape index (κ2) is 7.24. The van der Waals surface area contributed by atoms with Crippen molar-refractivity contribution in [3.05, 3.63) is 23.9 Å². The molecular formula is C15H22N2O3. The van der Waals surface area contributed by atoms with Crippen molar-refractivity contribution in [3.63, 3.8) is 0 Å². The van der Waals surface area contributed by atoms with E-state index >= 15 is 0 Å². The van der Waals surface area contributed by atoms with Crippen molar-refractivity contribution < 1.29 is 14.6 Å². The SMILES string of the molecule is CCOc1ccc(C(=O)NCC(O)C2CCCC2)cn1. The Kier molecular flexibility index (Phi) is 5.35. The Morgan fingerprint density at radius 3 is 2.85 bits per heavy atom. The van der Waals surface area contributed by atoms with E-state index < -0.39 is 6.10 Å². The highest BCUT2D eigenvalue weighted by Crippen LogP contribution is 2.27. The number of nitrogens with one attached hydrogen (secondary N) is 1. The normalized spacial score (nSPS) is 16.9. The number of aromatic nitrogens is 1. The first-order valence-electron chi connectivity index (χ1n) is 7.26. The van der Waals surface area contributed by atoms with Gasteiger partial charge in [0.25, 0.3) is 5.91 Å². The molecule has 2 rings (SSSR count). The molecule has 1 aliphatic rings. The minimum absolute atomic E-state index is 0.211. The number of amides is 1. The van der Waals surface area contributed by atoms with Gasteiger partial charge < -0.3 is 15.2 Å². The summed E-state index contributed by atoms with van der Waals surface area (Å²) in [6.07, 6.45) is 5.51. The van der Waals surface area contributed by atoms with Gasteiger partial charge in [-0.25, -0.2) is 4.98 Å². The number of aliphatic hydroxyl groups is 1. The maximum Gasteiger partial charge on any atom is 0.252 e. The summed E-state index contributed by atoms with van der Waals surface area (Å²) < 4.78 is 5.22. The molecule has 1 heterocycles. The van der Waals surface area contributed by atoms with Gasteiger partial charge in [-0.1, -0.05) is 12.8 Å². The molecule has 0 radical (unpaired) electrons. The Morgan fingerprint density at radius 1 is 1.50 bits per heavy atom. The number of rotatable bonds is 6. The summed E-state index contributed by atoms with van der Waals surface area (Å²) in [6.45, 7) is 2.73. The minimum atomic E-state index is -0.447. The first-order chi connectivity index (χ1) is 9.70. The van der Waals surface area contributed by atoms with Crippen LogP contribution in [-0.4, -0.2) is 35.3 Å². The molecule has 1 saturated carbocycles. The van der Waals surface area contributed by atoms with Crippen LogP contribution in [0.15, 0.2) is 18.3 Å². The molecule has 0 spiro atoms. The molecule has 1 aromatic heterocycles. The number of carbonyl (C=O) groups is 1. The van der Waals surface area contributed by atoms with Gasteiger partial charge in [0.1, 0.15) is 0 Å². The molecule has 1 aliphatic carbocycles. The monoisotopic (exact) mass is 278 g/mol. The summed E-state index contributed by atoms with van der Waals surface area (Å²) in [6, 6.07) is 3.35. The number of carbonyl (C=O) groups excluding carboxylic acids is 1. The first-order valence-corrected chi connectivity index (χ1v) is 7.26. The van der Waals surface area contributed by atoms with Crippen molar-refractivity contribution >= 4 is 5.91 Å². The molecular weight excluding hydrogens is 256 g/mol. The van der Waals surface area contributed by atoms with Crippen molar-refractivity contribution in [3.8, 4) is 5.88 Å². The van der Waals surface area contributed by atoms with Gasteiger partial charge >= 0.3 is 0 Å². The second-order valence-corrected chi connectivity index (χ2v) is 5.14. The largest absolute Gasteiger partial charge is 0.478 e. The lowest BCUT2D eigenvalue weighted by Crippen LogP contribution is -2.35. The fourth-order valence-corrected chi connectivity index (χ4v) is 2.56. The molecule has 0 saturated heterocycles. The highest BCUT2D eigenvalue weighted by molar-refractivity contribution is 5.93. The van der Waals surface area contributed by atoms with Crippen molar-refractivity contribution in [2.24, 2.45) is 5.92 Å². The highest BCUT2D eigenvalue weighted by atomic mass is 16.5. The molecule has 110 valence electrons. The zero-order valence-electron chi connectivity index (χ0n) is 11.8. The number of nitrogens with zero attached hydrogens (tertiary/aromatic N) is 1. The molecule has 5 heteroatoms. The van der Waals surface area contributed by atoms with Crippen LogP contribution in [-0.2, 0) is 0 Å². The van der Waals surface area contributed by atoms with Crippen LogP contribution >= 0.6 is 0 Å². The molecule has 2 N–H and O–H groups in total. The molecule has 0 aromatic carbocycles. The van der Waals surface area contributed by atoms with Crippen molar-refractivity contribution in [2.75, 3.05) is 13.2 Å². The minimum Gasteiger partial charge on any atom is -0.478 e. The van der Waals surface area contributed by atoms with Crippen molar-refractivity contribution in [2.45, 2.75) is 38.7 Å².